The van der Waals surface area contributed by atoms with Crippen molar-refractivity contribution in [3.8, 4) is 0 Å². The van der Waals surface area contributed by atoms with Crippen LogP contribution in [-0.4, -0.2) is 28.4 Å². The summed E-state index contributed by atoms with van der Waals surface area (Å²) >= 11 is 0. The number of benzene rings is 1. The standard InChI is InChI=1S/C15H18O4/c1-3-8-12(19-13(16)4-2)15(18)14(17)11-9-6-5-7-10-11/h3-7,9-10,12,14-15,17-18H,1-2,8H2/t12-,14+,15+/m1/s1. The van der Waals surface area contributed by atoms with Crippen LogP contribution in [0.2, 0.25) is 0 Å². The highest BCUT2D eigenvalue weighted by atomic mass is 16.6. The molecule has 0 bridgehead atoms. The fraction of sp³-hybridized carbons (Fsp3) is 0.267. The van der Waals surface area contributed by atoms with Crippen LogP contribution < -0.4 is 0 Å². The number of ether oxygens (including phenoxy) is 1. The second-order valence-corrected chi connectivity index (χ2v) is 4.05. The highest BCUT2D eigenvalue weighted by Crippen LogP contribution is 2.22. The fourth-order valence-electron chi connectivity index (χ4n) is 1.67. The normalized spacial score (nSPS) is 15.1. The molecule has 0 saturated carbocycles. The summed E-state index contributed by atoms with van der Waals surface area (Å²) < 4.78 is 5.01. The number of aliphatic hydroxyl groups excluding tert-OH is 2. The lowest BCUT2D eigenvalue weighted by Crippen LogP contribution is -2.35. The van der Waals surface area contributed by atoms with E-state index < -0.39 is 24.3 Å². The summed E-state index contributed by atoms with van der Waals surface area (Å²) in [6, 6.07) is 8.69. The Hall–Kier alpha value is -1.91. The van der Waals surface area contributed by atoms with Crippen LogP contribution in [0.3, 0.4) is 0 Å². The van der Waals surface area contributed by atoms with Crippen molar-refractivity contribution in [3.63, 3.8) is 0 Å². The van der Waals surface area contributed by atoms with Gasteiger partial charge in [0.25, 0.3) is 0 Å². The maximum absolute atomic E-state index is 11.2. The van der Waals surface area contributed by atoms with Crippen molar-refractivity contribution < 1.29 is 19.7 Å². The average molecular weight is 262 g/mol. The second kappa shape index (κ2) is 7.51. The Balaban J connectivity index is 2.80. The van der Waals surface area contributed by atoms with Crippen molar-refractivity contribution >= 4 is 5.97 Å². The highest BCUT2D eigenvalue weighted by molar-refractivity contribution is 5.81. The number of hydrogen-bond donors (Lipinski definition) is 2. The van der Waals surface area contributed by atoms with Gasteiger partial charge in [0, 0.05) is 12.5 Å². The van der Waals surface area contributed by atoms with E-state index in [2.05, 4.69) is 13.2 Å². The first-order valence-corrected chi connectivity index (χ1v) is 5.95. The van der Waals surface area contributed by atoms with Gasteiger partial charge in [-0.05, 0) is 5.56 Å². The van der Waals surface area contributed by atoms with Crippen molar-refractivity contribution in [1.29, 1.82) is 0 Å². The van der Waals surface area contributed by atoms with Crippen molar-refractivity contribution in [1.82, 2.24) is 0 Å². The number of carbonyl (C=O) groups excluding carboxylic acids is 1. The molecule has 0 amide bonds. The van der Waals surface area contributed by atoms with Gasteiger partial charge in [-0.1, -0.05) is 43.0 Å². The van der Waals surface area contributed by atoms with Gasteiger partial charge in [0.05, 0.1) is 0 Å². The summed E-state index contributed by atoms with van der Waals surface area (Å²) in [5.74, 6) is -0.647. The van der Waals surface area contributed by atoms with Gasteiger partial charge in [-0.15, -0.1) is 6.58 Å². The summed E-state index contributed by atoms with van der Waals surface area (Å²) in [7, 11) is 0. The molecule has 1 aromatic carbocycles. The molecular formula is C15H18O4. The van der Waals surface area contributed by atoms with Crippen molar-refractivity contribution in [2.24, 2.45) is 0 Å². The molecule has 0 unspecified atom stereocenters. The van der Waals surface area contributed by atoms with E-state index in [9.17, 15) is 15.0 Å². The molecule has 3 atom stereocenters. The molecule has 0 aliphatic rings. The molecule has 4 heteroatoms. The summed E-state index contributed by atoms with van der Waals surface area (Å²) in [6.07, 6.45) is -0.462. The van der Waals surface area contributed by atoms with E-state index >= 15 is 0 Å². The van der Waals surface area contributed by atoms with Crippen LogP contribution in [0.15, 0.2) is 55.6 Å². The maximum Gasteiger partial charge on any atom is 0.330 e. The number of esters is 1. The Morgan fingerprint density at radius 1 is 1.26 bits per heavy atom. The molecule has 102 valence electrons. The molecule has 1 rings (SSSR count). The van der Waals surface area contributed by atoms with Crippen molar-refractivity contribution in [2.45, 2.75) is 24.7 Å². The van der Waals surface area contributed by atoms with Gasteiger partial charge in [-0.3, -0.25) is 0 Å². The van der Waals surface area contributed by atoms with E-state index in [1.807, 2.05) is 6.07 Å². The predicted molar refractivity (Wildman–Crippen MR) is 72.3 cm³/mol. The molecule has 0 aliphatic heterocycles. The minimum Gasteiger partial charge on any atom is -0.456 e. The number of aliphatic hydroxyl groups is 2. The Labute approximate surface area is 112 Å². The first kappa shape index (κ1) is 15.1. The van der Waals surface area contributed by atoms with Crippen LogP contribution in [0, 0.1) is 0 Å². The zero-order valence-electron chi connectivity index (χ0n) is 10.6. The summed E-state index contributed by atoms with van der Waals surface area (Å²) in [4.78, 5) is 11.2. The van der Waals surface area contributed by atoms with E-state index in [1.165, 1.54) is 6.08 Å². The smallest absolute Gasteiger partial charge is 0.330 e. The van der Waals surface area contributed by atoms with Crippen LogP contribution in [0.25, 0.3) is 0 Å². The van der Waals surface area contributed by atoms with Gasteiger partial charge in [-0.25, -0.2) is 4.79 Å². The molecule has 0 aliphatic carbocycles. The second-order valence-electron chi connectivity index (χ2n) is 4.05. The van der Waals surface area contributed by atoms with Crippen LogP contribution in [0.1, 0.15) is 18.1 Å². The highest BCUT2D eigenvalue weighted by Gasteiger charge is 2.29. The van der Waals surface area contributed by atoms with Gasteiger partial charge >= 0.3 is 5.97 Å². The van der Waals surface area contributed by atoms with Gasteiger partial charge in [-0.2, -0.15) is 0 Å². The fourth-order valence-corrected chi connectivity index (χ4v) is 1.67. The van der Waals surface area contributed by atoms with Gasteiger partial charge in [0.1, 0.15) is 18.3 Å². The minimum absolute atomic E-state index is 0.241. The Morgan fingerprint density at radius 2 is 1.89 bits per heavy atom. The van der Waals surface area contributed by atoms with E-state index in [4.69, 9.17) is 4.74 Å². The molecule has 0 saturated heterocycles. The molecule has 19 heavy (non-hydrogen) atoms. The lowest BCUT2D eigenvalue weighted by atomic mass is 9.98. The largest absolute Gasteiger partial charge is 0.456 e. The third-order valence-electron chi connectivity index (χ3n) is 2.68. The molecular weight excluding hydrogens is 244 g/mol. The molecule has 0 fully saturated rings. The lowest BCUT2D eigenvalue weighted by molar-refractivity contribution is -0.153. The summed E-state index contributed by atoms with van der Waals surface area (Å²) in [6.45, 7) is 6.83. The van der Waals surface area contributed by atoms with E-state index in [0.717, 1.165) is 6.08 Å². The van der Waals surface area contributed by atoms with Crippen LogP contribution in [0.5, 0.6) is 0 Å². The van der Waals surface area contributed by atoms with Crippen LogP contribution >= 0.6 is 0 Å². The van der Waals surface area contributed by atoms with E-state index in [-0.39, 0.29) is 6.42 Å². The van der Waals surface area contributed by atoms with Crippen molar-refractivity contribution in [3.05, 3.63) is 61.2 Å². The number of rotatable bonds is 7. The predicted octanol–water partition coefficient (Wildman–Crippen LogP) is 1.75. The summed E-state index contributed by atoms with van der Waals surface area (Å²) in [5, 5.41) is 20.2. The number of hydrogen-bond acceptors (Lipinski definition) is 4. The Kier molecular flexibility index (Phi) is 5.99. The first-order chi connectivity index (χ1) is 9.10. The Morgan fingerprint density at radius 3 is 2.42 bits per heavy atom. The first-order valence-electron chi connectivity index (χ1n) is 5.95. The third-order valence-corrected chi connectivity index (χ3v) is 2.68. The van der Waals surface area contributed by atoms with E-state index in [1.54, 1.807) is 24.3 Å². The van der Waals surface area contributed by atoms with Gasteiger partial charge in [0.15, 0.2) is 0 Å². The minimum atomic E-state index is -1.23. The van der Waals surface area contributed by atoms with Crippen molar-refractivity contribution in [2.75, 3.05) is 0 Å². The van der Waals surface area contributed by atoms with E-state index in [0.29, 0.717) is 5.56 Å². The zero-order chi connectivity index (χ0) is 14.3. The zero-order valence-corrected chi connectivity index (χ0v) is 10.6. The van der Waals surface area contributed by atoms with Crippen LogP contribution in [0.4, 0.5) is 0 Å². The number of carbonyl (C=O) groups is 1. The molecule has 4 nitrogen and oxygen atoms in total. The molecule has 0 radical (unpaired) electrons. The van der Waals surface area contributed by atoms with Gasteiger partial charge < -0.3 is 14.9 Å². The Bertz CT molecular complexity index is 427. The third kappa shape index (κ3) is 4.35. The monoisotopic (exact) mass is 262 g/mol. The lowest BCUT2D eigenvalue weighted by Gasteiger charge is -2.25. The molecule has 0 heterocycles. The molecule has 0 spiro atoms. The quantitative estimate of drug-likeness (QED) is 0.446. The van der Waals surface area contributed by atoms with Gasteiger partial charge in [0.2, 0.25) is 0 Å². The summed E-state index contributed by atoms with van der Waals surface area (Å²) in [5.41, 5.74) is 0.554. The molecule has 1 aromatic rings. The maximum atomic E-state index is 11.2. The SMILES string of the molecule is C=CC[C@@H](OC(=O)C=C)[C@H](O)[C@@H](O)c1ccccc1. The van der Waals surface area contributed by atoms with Crippen LogP contribution in [-0.2, 0) is 9.53 Å². The topological polar surface area (TPSA) is 66.8 Å². The molecule has 2 N–H and O–H groups in total. The molecule has 0 aromatic heterocycles. The average Bonchev–Trinajstić information content (AvgIpc) is 2.46.